The fraction of sp³-hybridized carbons (Fsp3) is 0. The van der Waals surface area contributed by atoms with Crippen LogP contribution in [-0.4, -0.2) is 66.5 Å². The van der Waals surface area contributed by atoms with E-state index in [0.29, 0.717) is 0 Å². The van der Waals surface area contributed by atoms with Gasteiger partial charge in [-0.2, -0.15) is 0 Å². The summed E-state index contributed by atoms with van der Waals surface area (Å²) in [5.74, 6) is -8.47. The van der Waals surface area contributed by atoms with Crippen LogP contribution in [0.1, 0.15) is 62.1 Å². The van der Waals surface area contributed by atoms with E-state index in [9.17, 15) is 59.4 Å². The Labute approximate surface area is 390 Å². The van der Waals surface area contributed by atoms with Gasteiger partial charge in [0.25, 0.3) is 0 Å². The average Bonchev–Trinajstić information content (AvgIpc) is 3.27. The van der Waals surface area contributed by atoms with Gasteiger partial charge in [0.15, 0.2) is 0 Å². The van der Waals surface area contributed by atoms with Crippen molar-refractivity contribution < 1.29 is 106 Å². The first-order valence-electron chi connectivity index (χ1n) is 18.5. The average molecular weight is 1020 g/mol. The molecule has 6 aromatic rings. The third kappa shape index (κ3) is 11.9. The van der Waals surface area contributed by atoms with Gasteiger partial charge in [0, 0.05) is 19.5 Å². The number of benzene rings is 6. The minimum atomic E-state index is -4.72. The normalized spacial score (nSPS) is 13.8. The van der Waals surface area contributed by atoms with E-state index < -0.39 is 58.8 Å². The fourth-order valence-corrected chi connectivity index (χ4v) is 14.6. The van der Waals surface area contributed by atoms with E-state index in [1.54, 1.807) is 0 Å². The number of nitrogens with zero attached hydrogens (tertiary/aromatic N) is 3. The molecule has 0 amide bonds. The Balaban J connectivity index is 0.00000741. The third-order valence-corrected chi connectivity index (χ3v) is 16.7. The summed E-state index contributed by atoms with van der Waals surface area (Å²) in [6, 6.07) is 29.2. The maximum atomic E-state index is 11.8. The van der Waals surface area contributed by atoms with Crippen molar-refractivity contribution >= 4 is 58.8 Å². The van der Waals surface area contributed by atoms with Gasteiger partial charge in [-0.1, -0.05) is 13.5 Å². The molecule has 67 heavy (non-hydrogen) atoms. The summed E-state index contributed by atoms with van der Waals surface area (Å²) in [6.45, 7) is 0. The topological polar surface area (TPSA) is 316 Å². The van der Waals surface area contributed by atoms with Crippen molar-refractivity contribution in [3.63, 3.8) is 0 Å². The Morgan fingerprint density at radius 1 is 0.269 bits per heavy atom. The molecule has 0 saturated carbocycles. The van der Waals surface area contributed by atoms with Crippen LogP contribution >= 0.6 is 23.0 Å². The van der Waals surface area contributed by atoms with Crippen LogP contribution in [0.15, 0.2) is 159 Å². The van der Waals surface area contributed by atoms with Gasteiger partial charge >= 0.3 is 58.8 Å². The number of carbonyl (C=O) groups is 6. The molecule has 0 bridgehead atoms. The Morgan fingerprint density at radius 3 is 0.493 bits per heavy atom. The second-order valence-corrected chi connectivity index (χ2v) is 19.5. The smallest absolute Gasteiger partial charge is 0.460 e. The monoisotopic (exact) mass is 1020 g/mol. The van der Waals surface area contributed by atoms with Crippen molar-refractivity contribution in [2.45, 2.75) is 0 Å². The van der Waals surface area contributed by atoms with E-state index in [0.717, 1.165) is 0 Å². The third-order valence-electron chi connectivity index (χ3n) is 8.63. The summed E-state index contributed by atoms with van der Waals surface area (Å²) < 4.78 is 53.8. The second-order valence-electron chi connectivity index (χ2n) is 13.3. The summed E-state index contributed by atoms with van der Waals surface area (Å²) in [5.41, 5.74) is -0.924. The number of carboxylic acid groups (broad SMARTS) is 6. The Morgan fingerprint density at radius 2 is 0.388 bits per heavy atom. The molecule has 6 aromatic carbocycles. The Bertz CT molecular complexity index is 2520. The number of rotatable bonds is 18. The van der Waals surface area contributed by atoms with Crippen molar-refractivity contribution in [2.24, 2.45) is 13.5 Å². The Kier molecular flexibility index (Phi) is 14.7. The SMILES string of the molecule is O=C(O)c1ccc(OP2(Oc3ccc(C(=O)O)cc3)=NP(Oc3ccc(C(=O)O)cc3)(Oc3ccc(C(=O)O)cc3)=NP(Oc3ccc(C(=O)O)cc3)(Oc3ccc(C(=O)O)cc3)=N2)cc1.[Zn]. The van der Waals surface area contributed by atoms with Gasteiger partial charge in [-0.15, -0.1) is 0 Å². The molecular weight excluding hydrogens is 993 g/mol. The van der Waals surface area contributed by atoms with Crippen molar-refractivity contribution in [1.82, 2.24) is 0 Å². The van der Waals surface area contributed by atoms with E-state index in [4.69, 9.17) is 40.7 Å². The van der Waals surface area contributed by atoms with Gasteiger partial charge in [-0.3, -0.25) is 0 Å². The largest absolute Gasteiger partial charge is 0.478 e. The van der Waals surface area contributed by atoms with E-state index in [1.165, 1.54) is 146 Å². The molecule has 0 unspecified atom stereocenters. The molecule has 1 aliphatic heterocycles. The zero-order chi connectivity index (χ0) is 47.2. The second kappa shape index (κ2) is 20.2. The van der Waals surface area contributed by atoms with E-state index in [-0.39, 0.29) is 87.4 Å². The van der Waals surface area contributed by atoms with Gasteiger partial charge in [0.05, 0.1) is 33.4 Å². The van der Waals surface area contributed by atoms with Crippen LogP contribution in [-0.2, 0) is 19.5 Å². The van der Waals surface area contributed by atoms with Crippen LogP contribution < -0.4 is 27.1 Å². The predicted molar refractivity (Wildman–Crippen MR) is 232 cm³/mol. The zero-order valence-electron chi connectivity index (χ0n) is 33.8. The van der Waals surface area contributed by atoms with Crippen LogP contribution in [0.4, 0.5) is 0 Å². The molecule has 1 aliphatic rings. The number of hydrogen-bond acceptors (Lipinski definition) is 15. The summed E-state index contributed by atoms with van der Waals surface area (Å²) in [6.07, 6.45) is 0. The first-order chi connectivity index (χ1) is 31.4. The van der Waals surface area contributed by atoms with Crippen LogP contribution in [0.2, 0.25) is 0 Å². The summed E-state index contributed by atoms with van der Waals surface area (Å²) >= 11 is 0. The molecule has 0 aromatic heterocycles. The standard InChI is InChI=1S/C42H30N3O18P3.Zn/c46-37(47)25-1-13-31(14-2-25)58-64(59-32-15-3-26(4-16-32)38(48)49)43-65(60-33-17-5-27(6-18-33)39(50)51,61-34-19-7-28(8-20-34)40(52)53)45-66(44-64,62-35-21-9-29(10-22-35)41(54)55)63-36-23-11-30(12-24-36)42(56)57;/h1-24H,(H,46,47)(H,48,49)(H,50,51)(H,52,53)(H,54,55)(H,56,57);. The van der Waals surface area contributed by atoms with Crippen molar-refractivity contribution in [3.05, 3.63) is 179 Å². The minimum absolute atomic E-state index is 0. The molecule has 21 nitrogen and oxygen atoms in total. The molecule has 7 rings (SSSR count). The quantitative estimate of drug-likeness (QED) is 0.0344. The minimum Gasteiger partial charge on any atom is -0.478 e. The molecule has 0 atom stereocenters. The number of hydrogen-bond donors (Lipinski definition) is 6. The maximum absolute atomic E-state index is 11.8. The summed E-state index contributed by atoms with van der Waals surface area (Å²) in [5, 5.41) is 57.9. The summed E-state index contributed by atoms with van der Waals surface area (Å²) in [7, 11) is -14.2. The first-order valence-corrected chi connectivity index (χ1v) is 23.1. The maximum Gasteiger partial charge on any atom is 0.460 e. The van der Waals surface area contributed by atoms with Crippen LogP contribution in [0.5, 0.6) is 34.5 Å². The van der Waals surface area contributed by atoms with Gasteiger partial charge < -0.3 is 57.8 Å². The van der Waals surface area contributed by atoms with Crippen LogP contribution in [0.3, 0.4) is 0 Å². The molecule has 6 N–H and O–H groups in total. The van der Waals surface area contributed by atoms with Crippen LogP contribution in [0.25, 0.3) is 0 Å². The molecule has 0 aliphatic carbocycles. The predicted octanol–water partition coefficient (Wildman–Crippen LogP) is 10.5. The summed E-state index contributed by atoms with van der Waals surface area (Å²) in [4.78, 5) is 71.1. The molecule has 1 heterocycles. The molecule has 0 spiro atoms. The van der Waals surface area contributed by atoms with Gasteiger partial charge in [0.2, 0.25) is 0 Å². The van der Waals surface area contributed by atoms with E-state index in [2.05, 4.69) is 0 Å². The zero-order valence-corrected chi connectivity index (χ0v) is 39.5. The number of aromatic carboxylic acids is 6. The van der Waals surface area contributed by atoms with Crippen molar-refractivity contribution in [1.29, 1.82) is 0 Å². The van der Waals surface area contributed by atoms with E-state index in [1.807, 2.05) is 0 Å². The number of carboxylic acids is 6. The molecule has 0 radical (unpaired) electrons. The van der Waals surface area contributed by atoms with Crippen molar-refractivity contribution in [3.8, 4) is 34.5 Å². The molecule has 25 heteroatoms. The van der Waals surface area contributed by atoms with Gasteiger partial charge in [-0.25, -0.2) is 28.8 Å². The molecule has 0 saturated heterocycles. The molecular formula is C42H30N3O18P3Zn. The van der Waals surface area contributed by atoms with Gasteiger partial charge in [0.1, 0.15) is 34.5 Å². The first kappa shape index (κ1) is 48.7. The Hall–Kier alpha value is -7.75. The fourth-order valence-electron chi connectivity index (χ4n) is 5.53. The van der Waals surface area contributed by atoms with Gasteiger partial charge in [-0.05, 0) is 146 Å². The molecule has 0 fully saturated rings. The molecule has 338 valence electrons. The van der Waals surface area contributed by atoms with Crippen molar-refractivity contribution in [2.75, 3.05) is 0 Å². The van der Waals surface area contributed by atoms with E-state index >= 15 is 0 Å². The van der Waals surface area contributed by atoms with Crippen LogP contribution in [0, 0.1) is 0 Å².